The van der Waals surface area contributed by atoms with Gasteiger partial charge in [0.1, 0.15) is 18.1 Å². The zero-order chi connectivity index (χ0) is 17.4. The Kier molecular flexibility index (Phi) is 6.48. The van der Waals surface area contributed by atoms with Gasteiger partial charge in [-0.2, -0.15) is 0 Å². The summed E-state index contributed by atoms with van der Waals surface area (Å²) in [5, 5.41) is 1.09. The Morgan fingerprint density at radius 1 is 0.875 bits per heavy atom. The molecule has 2 aromatic carbocycles. The Labute approximate surface area is 145 Å². The van der Waals surface area contributed by atoms with Crippen molar-refractivity contribution in [3.8, 4) is 23.0 Å². The normalized spacial score (nSPS) is 10.7. The highest BCUT2D eigenvalue weighted by molar-refractivity contribution is 6.97. The first-order chi connectivity index (χ1) is 11.6. The molecule has 0 aromatic heterocycles. The lowest BCUT2D eigenvalue weighted by atomic mass is 10.2. The minimum Gasteiger partial charge on any atom is -0.497 e. The molecule has 0 amide bonds. The molecule has 0 heterocycles. The molecule has 0 N–H and O–H groups in total. The number of rotatable bonds is 6. The average molecular weight is 340 g/mol. The van der Waals surface area contributed by atoms with Gasteiger partial charge in [-0.3, -0.25) is 0 Å². The predicted octanol–water partition coefficient (Wildman–Crippen LogP) is 3.38. The van der Waals surface area contributed by atoms with E-state index >= 15 is 0 Å². The second-order valence-electron chi connectivity index (χ2n) is 5.94. The third-order valence-electron chi connectivity index (χ3n) is 3.74. The van der Waals surface area contributed by atoms with Crippen LogP contribution in [0.15, 0.2) is 48.5 Å². The maximum atomic E-state index is 5.65. The summed E-state index contributed by atoms with van der Waals surface area (Å²) in [5.74, 6) is 4.85. The smallest absolute Gasteiger partial charge is 0.172 e. The van der Waals surface area contributed by atoms with Crippen molar-refractivity contribution in [3.63, 3.8) is 0 Å². The number of benzene rings is 2. The quantitative estimate of drug-likeness (QED) is 0.458. The molecule has 0 saturated carbocycles. The molecule has 0 spiro atoms. The molecular weight excluding hydrogens is 316 g/mol. The van der Waals surface area contributed by atoms with Crippen molar-refractivity contribution in [2.24, 2.45) is 0 Å². The van der Waals surface area contributed by atoms with Gasteiger partial charge in [-0.1, -0.05) is 55.4 Å². The zero-order valence-electron chi connectivity index (χ0n) is 14.8. The van der Waals surface area contributed by atoms with E-state index in [0.717, 1.165) is 22.2 Å². The Balaban J connectivity index is 2.06. The minimum atomic E-state index is -2.03. The van der Waals surface area contributed by atoms with Gasteiger partial charge in [0, 0.05) is 5.19 Å². The maximum absolute atomic E-state index is 5.65. The molecule has 0 unspecified atom stereocenters. The maximum Gasteiger partial charge on any atom is 0.172 e. The summed E-state index contributed by atoms with van der Waals surface area (Å²) in [6.45, 7) is 5.38. The summed E-state index contributed by atoms with van der Waals surface area (Å²) in [6.07, 6.45) is 0. The minimum absolute atomic E-state index is 0.419. The van der Waals surface area contributed by atoms with E-state index in [0.29, 0.717) is 13.2 Å². The van der Waals surface area contributed by atoms with Gasteiger partial charge in [0.25, 0.3) is 0 Å². The van der Waals surface area contributed by atoms with Gasteiger partial charge in [0.2, 0.25) is 0 Å². The van der Waals surface area contributed by atoms with Gasteiger partial charge < -0.3 is 14.2 Å². The van der Waals surface area contributed by atoms with E-state index in [1.165, 1.54) is 0 Å². The van der Waals surface area contributed by atoms with Crippen LogP contribution in [0.1, 0.15) is 5.56 Å². The zero-order valence-corrected chi connectivity index (χ0v) is 15.8. The first kappa shape index (κ1) is 18.1. The largest absolute Gasteiger partial charge is 0.497 e. The molecule has 0 atom stereocenters. The number of methoxy groups -OCH3 is 2. The highest BCUT2D eigenvalue weighted by Gasteiger charge is 2.29. The lowest BCUT2D eigenvalue weighted by molar-refractivity contribution is 0.153. The van der Waals surface area contributed by atoms with Gasteiger partial charge in [-0.05, 0) is 17.7 Å². The second kappa shape index (κ2) is 8.58. The van der Waals surface area contributed by atoms with Crippen LogP contribution in [0.3, 0.4) is 0 Å². The van der Waals surface area contributed by atoms with Gasteiger partial charge in [0.05, 0.1) is 20.8 Å². The van der Waals surface area contributed by atoms with Crippen molar-refractivity contribution in [3.05, 3.63) is 54.1 Å². The Bertz CT molecular complexity index is 692. The molecule has 2 rings (SSSR count). The Morgan fingerprint density at radius 3 is 2.08 bits per heavy atom. The number of hydrogen-bond donors (Lipinski definition) is 0. The van der Waals surface area contributed by atoms with E-state index < -0.39 is 8.07 Å². The van der Waals surface area contributed by atoms with Crippen LogP contribution in [0.2, 0.25) is 13.1 Å². The van der Waals surface area contributed by atoms with E-state index in [-0.39, 0.29) is 0 Å². The van der Waals surface area contributed by atoms with Crippen molar-refractivity contribution in [1.29, 1.82) is 0 Å². The average Bonchev–Trinajstić information content (AvgIpc) is 2.61. The molecular formula is C20H24O3Si. The van der Waals surface area contributed by atoms with Crippen LogP contribution in [0.4, 0.5) is 0 Å². The van der Waals surface area contributed by atoms with Gasteiger partial charge in [-0.25, -0.2) is 0 Å². The van der Waals surface area contributed by atoms with E-state index in [2.05, 4.69) is 24.6 Å². The van der Waals surface area contributed by atoms with E-state index in [1.54, 1.807) is 14.2 Å². The van der Waals surface area contributed by atoms with Crippen LogP contribution >= 0.6 is 0 Å². The van der Waals surface area contributed by atoms with Crippen LogP contribution in [-0.4, -0.2) is 28.9 Å². The standard InChI is InChI=1S/C20H24O3Si/c1-21-18-12-8-13-19(22-2)20(18)24(3,4)15-9-14-23-16-17-10-6-5-7-11-17/h5-8,10-13H,14,16H2,1-4H3. The fourth-order valence-electron chi connectivity index (χ4n) is 2.58. The number of hydrogen-bond acceptors (Lipinski definition) is 3. The fourth-order valence-corrected chi connectivity index (χ4v) is 4.82. The Hall–Kier alpha value is -2.22. The summed E-state index contributed by atoms with van der Waals surface area (Å²) in [4.78, 5) is 0. The monoisotopic (exact) mass is 340 g/mol. The summed E-state index contributed by atoms with van der Waals surface area (Å²) >= 11 is 0. The molecule has 0 aliphatic carbocycles. The van der Waals surface area contributed by atoms with Crippen LogP contribution in [0.5, 0.6) is 11.5 Å². The fraction of sp³-hybridized carbons (Fsp3) is 0.300. The predicted molar refractivity (Wildman–Crippen MR) is 101 cm³/mol. The second-order valence-corrected chi connectivity index (χ2v) is 9.94. The first-order valence-electron chi connectivity index (χ1n) is 7.91. The van der Waals surface area contributed by atoms with Crippen LogP contribution in [0.25, 0.3) is 0 Å². The molecule has 24 heavy (non-hydrogen) atoms. The molecule has 126 valence electrons. The topological polar surface area (TPSA) is 27.7 Å². The third-order valence-corrected chi connectivity index (χ3v) is 6.28. The van der Waals surface area contributed by atoms with Crippen molar-refractivity contribution >= 4 is 13.3 Å². The molecule has 2 aromatic rings. The molecule has 0 aliphatic rings. The highest BCUT2D eigenvalue weighted by Crippen LogP contribution is 2.21. The Morgan fingerprint density at radius 2 is 1.50 bits per heavy atom. The van der Waals surface area contributed by atoms with Gasteiger partial charge in [0.15, 0.2) is 8.07 Å². The molecule has 3 nitrogen and oxygen atoms in total. The summed E-state index contributed by atoms with van der Waals surface area (Å²) in [6, 6.07) is 16.0. The summed E-state index contributed by atoms with van der Waals surface area (Å²) in [5.41, 5.74) is 4.57. The SMILES string of the molecule is COc1cccc(OC)c1[Si](C)(C)C#CCOCc1ccccc1. The lowest BCUT2D eigenvalue weighted by Gasteiger charge is -2.21. The van der Waals surface area contributed by atoms with Gasteiger partial charge >= 0.3 is 0 Å². The molecule has 0 aliphatic heterocycles. The van der Waals surface area contributed by atoms with Crippen molar-refractivity contribution < 1.29 is 14.2 Å². The van der Waals surface area contributed by atoms with Crippen molar-refractivity contribution in [1.82, 2.24) is 0 Å². The molecule has 4 heteroatoms. The third kappa shape index (κ3) is 4.64. The summed E-state index contributed by atoms with van der Waals surface area (Å²) < 4.78 is 16.7. The van der Waals surface area contributed by atoms with Crippen molar-refractivity contribution in [2.45, 2.75) is 19.7 Å². The highest BCUT2D eigenvalue weighted by atomic mass is 28.3. The van der Waals surface area contributed by atoms with Crippen LogP contribution in [0, 0.1) is 11.5 Å². The summed E-state index contributed by atoms with van der Waals surface area (Å²) in [7, 11) is 1.33. The molecule has 0 bridgehead atoms. The van der Waals surface area contributed by atoms with Crippen LogP contribution in [-0.2, 0) is 11.3 Å². The lowest BCUT2D eigenvalue weighted by Crippen LogP contribution is -2.42. The molecule has 0 saturated heterocycles. The number of ether oxygens (including phenoxy) is 3. The molecule has 0 radical (unpaired) electrons. The van der Waals surface area contributed by atoms with E-state index in [1.807, 2.05) is 48.5 Å². The van der Waals surface area contributed by atoms with Crippen LogP contribution < -0.4 is 14.7 Å². The first-order valence-corrected chi connectivity index (χ1v) is 10.9. The van der Waals surface area contributed by atoms with Crippen molar-refractivity contribution in [2.75, 3.05) is 20.8 Å². The van der Waals surface area contributed by atoms with Gasteiger partial charge in [-0.15, -0.1) is 5.54 Å². The van der Waals surface area contributed by atoms with E-state index in [4.69, 9.17) is 14.2 Å². The molecule has 0 fully saturated rings. The van der Waals surface area contributed by atoms with E-state index in [9.17, 15) is 0 Å².